The van der Waals surface area contributed by atoms with E-state index >= 15 is 0 Å². The minimum absolute atomic E-state index is 0.301. The summed E-state index contributed by atoms with van der Waals surface area (Å²) in [6.07, 6.45) is 3.91. The number of rotatable bonds is 3. The highest BCUT2D eigenvalue weighted by atomic mass is 16.3. The lowest BCUT2D eigenvalue weighted by Crippen LogP contribution is -2.39. The van der Waals surface area contributed by atoms with E-state index in [-0.39, 0.29) is 0 Å². The van der Waals surface area contributed by atoms with Gasteiger partial charge in [0.1, 0.15) is 0 Å². The molecule has 6 heteroatoms. The lowest BCUT2D eigenvalue weighted by molar-refractivity contribution is 0.0556. The lowest BCUT2D eigenvalue weighted by Gasteiger charge is -2.27. The van der Waals surface area contributed by atoms with Crippen molar-refractivity contribution in [3.8, 4) is 0 Å². The van der Waals surface area contributed by atoms with Crippen LogP contribution in [0, 0.1) is 0 Å². The van der Waals surface area contributed by atoms with Gasteiger partial charge in [0.15, 0.2) is 0 Å². The van der Waals surface area contributed by atoms with Gasteiger partial charge in [0.05, 0.1) is 5.60 Å². The average Bonchev–Trinajstić information content (AvgIpc) is 2.75. The largest absolute Gasteiger partial charge is 0.388 e. The Kier molecular flexibility index (Phi) is 2.52. The first-order valence-electron chi connectivity index (χ1n) is 5.20. The zero-order chi connectivity index (χ0) is 10.9. The topological polar surface area (TPSA) is 91.1 Å². The van der Waals surface area contributed by atoms with E-state index < -0.39 is 5.60 Å². The van der Waals surface area contributed by atoms with E-state index in [4.69, 9.17) is 5.73 Å². The van der Waals surface area contributed by atoms with Crippen molar-refractivity contribution in [2.24, 2.45) is 0 Å². The van der Waals surface area contributed by atoms with E-state index in [9.17, 15) is 5.11 Å². The van der Waals surface area contributed by atoms with Crippen LogP contribution in [-0.4, -0.2) is 39.5 Å². The Hall–Kier alpha value is -1.30. The molecule has 6 nitrogen and oxygen atoms in total. The van der Waals surface area contributed by atoms with Gasteiger partial charge in [-0.1, -0.05) is 12.8 Å². The number of H-pyrrole nitrogens is 1. The van der Waals surface area contributed by atoms with Crippen LogP contribution in [0.4, 0.5) is 11.9 Å². The van der Waals surface area contributed by atoms with Gasteiger partial charge in [-0.15, -0.1) is 5.10 Å². The number of nitrogens with one attached hydrogen (secondary N) is 1. The van der Waals surface area contributed by atoms with Crippen molar-refractivity contribution >= 4 is 11.9 Å². The number of nitrogens with zero attached hydrogens (tertiary/aromatic N) is 3. The summed E-state index contributed by atoms with van der Waals surface area (Å²) in [5, 5.41) is 16.7. The molecule has 15 heavy (non-hydrogen) atoms. The van der Waals surface area contributed by atoms with Crippen LogP contribution in [0.3, 0.4) is 0 Å². The van der Waals surface area contributed by atoms with Crippen LogP contribution in [0.25, 0.3) is 0 Å². The SMILES string of the molecule is CN(CC1(O)CCCC1)c1n[nH]c(N)n1. The van der Waals surface area contributed by atoms with Crippen molar-refractivity contribution in [2.75, 3.05) is 24.2 Å². The standard InChI is InChI=1S/C9H17N5O/c1-14(8-11-7(10)12-13-8)6-9(15)4-2-3-5-9/h15H,2-6H2,1H3,(H3,10,11,12,13). The zero-order valence-electron chi connectivity index (χ0n) is 8.90. The Bertz CT molecular complexity index is 331. The van der Waals surface area contributed by atoms with E-state index in [0.717, 1.165) is 25.7 Å². The first kappa shape index (κ1) is 10.2. The molecule has 0 aromatic carbocycles. The van der Waals surface area contributed by atoms with Crippen LogP contribution >= 0.6 is 0 Å². The van der Waals surface area contributed by atoms with Crippen LogP contribution in [0.15, 0.2) is 0 Å². The van der Waals surface area contributed by atoms with Crippen LogP contribution in [0.5, 0.6) is 0 Å². The van der Waals surface area contributed by atoms with Crippen LogP contribution < -0.4 is 10.6 Å². The zero-order valence-corrected chi connectivity index (χ0v) is 8.90. The molecule has 4 N–H and O–H groups in total. The predicted molar refractivity (Wildman–Crippen MR) is 57.5 cm³/mol. The molecular weight excluding hydrogens is 194 g/mol. The molecule has 1 aliphatic carbocycles. The van der Waals surface area contributed by atoms with Gasteiger partial charge >= 0.3 is 0 Å². The summed E-state index contributed by atoms with van der Waals surface area (Å²) in [7, 11) is 1.86. The molecule has 1 aliphatic rings. The summed E-state index contributed by atoms with van der Waals surface area (Å²) in [6, 6.07) is 0. The summed E-state index contributed by atoms with van der Waals surface area (Å²) in [6.45, 7) is 0.560. The quantitative estimate of drug-likeness (QED) is 0.661. The minimum Gasteiger partial charge on any atom is -0.388 e. The van der Waals surface area contributed by atoms with E-state index in [1.807, 2.05) is 11.9 Å². The fraction of sp³-hybridized carbons (Fsp3) is 0.778. The summed E-state index contributed by atoms with van der Waals surface area (Å²) in [5.74, 6) is 0.836. The monoisotopic (exact) mass is 211 g/mol. The molecule has 84 valence electrons. The third-order valence-electron chi connectivity index (χ3n) is 2.90. The molecule has 0 spiro atoms. The number of likely N-dealkylation sites (N-methyl/N-ethyl adjacent to an activating group) is 1. The molecule has 1 aromatic rings. The Morgan fingerprint density at radius 2 is 2.20 bits per heavy atom. The predicted octanol–water partition coefficient (Wildman–Crippen LogP) is 0.128. The number of nitrogens with two attached hydrogens (primary N) is 1. The second-order valence-corrected chi connectivity index (χ2v) is 4.31. The molecule has 1 fully saturated rings. The van der Waals surface area contributed by atoms with E-state index in [2.05, 4.69) is 15.2 Å². The number of nitrogen functional groups attached to an aromatic ring is 1. The summed E-state index contributed by atoms with van der Waals surface area (Å²) in [4.78, 5) is 5.84. The number of hydrogen-bond acceptors (Lipinski definition) is 5. The van der Waals surface area contributed by atoms with Crippen molar-refractivity contribution in [2.45, 2.75) is 31.3 Å². The summed E-state index contributed by atoms with van der Waals surface area (Å²) < 4.78 is 0. The average molecular weight is 211 g/mol. The highest BCUT2D eigenvalue weighted by Gasteiger charge is 2.32. The van der Waals surface area contributed by atoms with Crippen molar-refractivity contribution in [3.63, 3.8) is 0 Å². The molecule has 0 bridgehead atoms. The maximum atomic E-state index is 10.2. The summed E-state index contributed by atoms with van der Waals surface area (Å²) in [5.41, 5.74) is 4.86. The van der Waals surface area contributed by atoms with Crippen molar-refractivity contribution in [3.05, 3.63) is 0 Å². The molecule has 2 rings (SSSR count). The van der Waals surface area contributed by atoms with E-state index in [1.165, 1.54) is 0 Å². The number of aliphatic hydroxyl groups is 1. The number of aromatic nitrogens is 3. The summed E-state index contributed by atoms with van der Waals surface area (Å²) >= 11 is 0. The number of hydrogen-bond donors (Lipinski definition) is 3. The maximum absolute atomic E-state index is 10.2. The Morgan fingerprint density at radius 3 is 2.73 bits per heavy atom. The Labute approximate surface area is 88.5 Å². The van der Waals surface area contributed by atoms with Crippen LogP contribution in [0.2, 0.25) is 0 Å². The first-order chi connectivity index (χ1) is 7.09. The second-order valence-electron chi connectivity index (χ2n) is 4.31. The third-order valence-corrected chi connectivity index (χ3v) is 2.90. The molecular formula is C9H17N5O. The molecule has 0 radical (unpaired) electrons. The molecule has 0 atom stereocenters. The number of aromatic amines is 1. The van der Waals surface area contributed by atoms with Gasteiger partial charge in [0.2, 0.25) is 11.9 Å². The van der Waals surface area contributed by atoms with Crippen molar-refractivity contribution in [1.82, 2.24) is 15.2 Å². The first-order valence-corrected chi connectivity index (χ1v) is 5.20. The van der Waals surface area contributed by atoms with E-state index in [0.29, 0.717) is 18.4 Å². The molecule has 0 aliphatic heterocycles. The molecule has 0 amide bonds. The van der Waals surface area contributed by atoms with Crippen molar-refractivity contribution < 1.29 is 5.11 Å². The van der Waals surface area contributed by atoms with Gasteiger partial charge in [0, 0.05) is 13.6 Å². The second kappa shape index (κ2) is 3.69. The van der Waals surface area contributed by atoms with Gasteiger partial charge in [-0.3, -0.25) is 0 Å². The van der Waals surface area contributed by atoms with Gasteiger partial charge < -0.3 is 15.7 Å². The maximum Gasteiger partial charge on any atom is 0.246 e. The van der Waals surface area contributed by atoms with Gasteiger partial charge in [-0.2, -0.15) is 4.98 Å². The Balaban J connectivity index is 2.00. The molecule has 1 aromatic heterocycles. The lowest BCUT2D eigenvalue weighted by atomic mass is 10.0. The highest BCUT2D eigenvalue weighted by molar-refractivity contribution is 5.33. The molecule has 1 saturated carbocycles. The van der Waals surface area contributed by atoms with Crippen LogP contribution in [-0.2, 0) is 0 Å². The molecule has 0 saturated heterocycles. The minimum atomic E-state index is -0.579. The third kappa shape index (κ3) is 2.20. The van der Waals surface area contributed by atoms with E-state index in [1.54, 1.807) is 0 Å². The number of anilines is 2. The van der Waals surface area contributed by atoms with Gasteiger partial charge in [-0.25, -0.2) is 5.10 Å². The molecule has 0 unspecified atom stereocenters. The fourth-order valence-electron chi connectivity index (χ4n) is 2.14. The fourth-order valence-corrected chi connectivity index (χ4v) is 2.14. The molecule has 1 heterocycles. The van der Waals surface area contributed by atoms with Gasteiger partial charge in [0.25, 0.3) is 0 Å². The van der Waals surface area contributed by atoms with Crippen molar-refractivity contribution in [1.29, 1.82) is 0 Å². The van der Waals surface area contributed by atoms with Gasteiger partial charge in [-0.05, 0) is 12.8 Å². The highest BCUT2D eigenvalue weighted by Crippen LogP contribution is 2.30. The Morgan fingerprint density at radius 1 is 1.53 bits per heavy atom. The van der Waals surface area contributed by atoms with Crippen LogP contribution in [0.1, 0.15) is 25.7 Å². The smallest absolute Gasteiger partial charge is 0.246 e. The normalized spacial score (nSPS) is 19.3.